The van der Waals surface area contributed by atoms with Crippen LogP contribution in [-0.2, 0) is 4.79 Å². The number of amides is 1. The molecule has 1 unspecified atom stereocenters. The van der Waals surface area contributed by atoms with Crippen LogP contribution < -0.4 is 10.6 Å². The molecule has 0 bridgehead atoms. The molecule has 0 aromatic rings. The van der Waals surface area contributed by atoms with Gasteiger partial charge in [-0.1, -0.05) is 70.1 Å². The summed E-state index contributed by atoms with van der Waals surface area (Å²) in [7, 11) is 0. The molecule has 0 aromatic carbocycles. The molecule has 4 N–H and O–H groups in total. The zero-order valence-corrected chi connectivity index (χ0v) is 19.5. The largest absolute Gasteiger partial charge is 0.396 e. The molecule has 2 atom stereocenters. The highest BCUT2D eigenvalue weighted by Crippen LogP contribution is 2.22. The smallest absolute Gasteiger partial charge is 0.243 e. The molecule has 0 aromatic heterocycles. The van der Waals surface area contributed by atoms with Crippen molar-refractivity contribution in [2.24, 2.45) is 0 Å². The molecule has 1 saturated carbocycles. The van der Waals surface area contributed by atoms with Crippen LogP contribution in [0.15, 0.2) is 36.6 Å². The van der Waals surface area contributed by atoms with Gasteiger partial charge >= 0.3 is 0 Å². The van der Waals surface area contributed by atoms with E-state index >= 15 is 0 Å². The van der Waals surface area contributed by atoms with E-state index in [0.29, 0.717) is 19.3 Å². The standard InChI is InChI=1S/C26H46N2O3/c1-23(18-14-10-6-2-4-8-12-16-20-29)27-24-22-25(24)28-26(31)19-15-11-7-3-5-9-13-17-21-30/h14-15,18-19,24-25,27,29-30H,1-13,16-17,20-22H2,(H,28,31)/b18-14+,19-15+/t24-,25?/m1/s1. The number of hydrogen-bond donors (Lipinski definition) is 4. The van der Waals surface area contributed by atoms with Crippen molar-refractivity contribution in [3.05, 3.63) is 36.6 Å². The monoisotopic (exact) mass is 434 g/mol. The SMILES string of the molecule is C=C(/C=C/CCCCCCCCO)N[C@@H]1CC1NC(=O)/C=C/CCCCCCCCO. The summed E-state index contributed by atoms with van der Waals surface area (Å²) >= 11 is 0. The third-order valence-corrected chi connectivity index (χ3v) is 5.63. The van der Waals surface area contributed by atoms with Gasteiger partial charge < -0.3 is 20.8 Å². The molecule has 5 nitrogen and oxygen atoms in total. The van der Waals surface area contributed by atoms with Crippen molar-refractivity contribution in [2.45, 2.75) is 108 Å². The summed E-state index contributed by atoms with van der Waals surface area (Å²) in [6.07, 6.45) is 24.5. The van der Waals surface area contributed by atoms with E-state index in [1.54, 1.807) is 6.08 Å². The maximum atomic E-state index is 12.0. The third-order valence-electron chi connectivity index (χ3n) is 5.63. The van der Waals surface area contributed by atoms with Gasteiger partial charge in [0.1, 0.15) is 0 Å². The molecule has 1 aliphatic carbocycles. The van der Waals surface area contributed by atoms with E-state index < -0.39 is 0 Å². The number of nitrogens with one attached hydrogen (secondary N) is 2. The Morgan fingerprint density at radius 2 is 1.16 bits per heavy atom. The van der Waals surface area contributed by atoms with Gasteiger partial charge in [0.25, 0.3) is 0 Å². The molecule has 31 heavy (non-hydrogen) atoms. The number of carbonyl (C=O) groups excluding carboxylic acids is 1. The normalized spacial score (nSPS) is 18.0. The number of carbonyl (C=O) groups is 1. The first kappa shape index (κ1) is 27.4. The minimum Gasteiger partial charge on any atom is -0.396 e. The van der Waals surface area contributed by atoms with E-state index in [-0.39, 0.29) is 11.9 Å². The average molecular weight is 435 g/mol. The van der Waals surface area contributed by atoms with Crippen LogP contribution in [-0.4, -0.2) is 41.4 Å². The lowest BCUT2D eigenvalue weighted by atomic mass is 10.1. The number of hydrogen-bond acceptors (Lipinski definition) is 4. The molecule has 1 aliphatic rings. The van der Waals surface area contributed by atoms with Crippen LogP contribution >= 0.6 is 0 Å². The topological polar surface area (TPSA) is 81.6 Å². The molecular formula is C26H46N2O3. The molecule has 0 aliphatic heterocycles. The zero-order chi connectivity index (χ0) is 22.6. The van der Waals surface area contributed by atoms with Crippen LogP contribution in [0.5, 0.6) is 0 Å². The molecule has 0 saturated heterocycles. The summed E-state index contributed by atoms with van der Waals surface area (Å²) in [5.41, 5.74) is 0.916. The number of allylic oxidation sites excluding steroid dienone is 3. The maximum absolute atomic E-state index is 12.0. The second-order valence-corrected chi connectivity index (χ2v) is 8.70. The summed E-state index contributed by atoms with van der Waals surface area (Å²) in [5, 5.41) is 23.9. The molecule has 1 amide bonds. The first-order valence-corrected chi connectivity index (χ1v) is 12.5. The minimum atomic E-state index is -0.00242. The van der Waals surface area contributed by atoms with Crippen molar-refractivity contribution in [3.63, 3.8) is 0 Å². The van der Waals surface area contributed by atoms with Crippen LogP contribution in [0.4, 0.5) is 0 Å². The Bertz CT molecular complexity index is 485. The minimum absolute atomic E-state index is 0.00242. The van der Waals surface area contributed by atoms with Gasteiger partial charge in [-0.2, -0.15) is 0 Å². The second-order valence-electron chi connectivity index (χ2n) is 8.70. The molecule has 0 radical (unpaired) electrons. The zero-order valence-electron chi connectivity index (χ0n) is 19.5. The van der Waals surface area contributed by atoms with Gasteiger partial charge in [0.15, 0.2) is 0 Å². The highest BCUT2D eigenvalue weighted by atomic mass is 16.3. The van der Waals surface area contributed by atoms with Crippen LogP contribution in [0.25, 0.3) is 0 Å². The van der Waals surface area contributed by atoms with Gasteiger partial charge in [-0.15, -0.1) is 0 Å². The van der Waals surface area contributed by atoms with Gasteiger partial charge in [0, 0.05) is 25.0 Å². The average Bonchev–Trinajstić information content (AvgIpc) is 3.47. The van der Waals surface area contributed by atoms with Crippen LogP contribution in [0.2, 0.25) is 0 Å². The lowest BCUT2D eigenvalue weighted by Gasteiger charge is -2.06. The summed E-state index contributed by atoms with van der Waals surface area (Å²) in [6.45, 7) is 4.67. The van der Waals surface area contributed by atoms with Crippen LogP contribution in [0.3, 0.4) is 0 Å². The Hall–Kier alpha value is -1.59. The van der Waals surface area contributed by atoms with E-state index in [4.69, 9.17) is 10.2 Å². The predicted octanol–water partition coefficient (Wildman–Crippen LogP) is 4.91. The Morgan fingerprint density at radius 1 is 0.710 bits per heavy atom. The van der Waals surface area contributed by atoms with Crippen molar-refractivity contribution in [2.75, 3.05) is 13.2 Å². The first-order valence-electron chi connectivity index (χ1n) is 12.5. The number of unbranched alkanes of at least 4 members (excludes halogenated alkanes) is 12. The summed E-state index contributed by atoms with van der Waals surface area (Å²) < 4.78 is 0. The molecule has 0 spiro atoms. The molecule has 5 heteroatoms. The second kappa shape index (κ2) is 19.1. The summed E-state index contributed by atoms with van der Waals surface area (Å²) in [6, 6.07) is 0.493. The summed E-state index contributed by atoms with van der Waals surface area (Å²) in [4.78, 5) is 12.0. The van der Waals surface area contributed by atoms with E-state index in [0.717, 1.165) is 57.1 Å². The fourth-order valence-electron chi connectivity index (χ4n) is 3.61. The van der Waals surface area contributed by atoms with Gasteiger partial charge in [-0.3, -0.25) is 4.79 Å². The fourth-order valence-corrected chi connectivity index (χ4v) is 3.61. The lowest BCUT2D eigenvalue weighted by molar-refractivity contribution is -0.116. The van der Waals surface area contributed by atoms with E-state index in [9.17, 15) is 4.79 Å². The van der Waals surface area contributed by atoms with Crippen molar-refractivity contribution in [1.82, 2.24) is 10.6 Å². The van der Waals surface area contributed by atoms with Gasteiger partial charge in [-0.25, -0.2) is 0 Å². The lowest BCUT2D eigenvalue weighted by Crippen LogP contribution is -2.30. The van der Waals surface area contributed by atoms with E-state index in [1.807, 2.05) is 12.2 Å². The van der Waals surface area contributed by atoms with Gasteiger partial charge in [-0.05, 0) is 57.1 Å². The molecule has 1 fully saturated rings. The van der Waals surface area contributed by atoms with Gasteiger partial charge in [0.05, 0.1) is 6.04 Å². The quantitative estimate of drug-likeness (QED) is 0.118. The van der Waals surface area contributed by atoms with Crippen molar-refractivity contribution in [3.8, 4) is 0 Å². The predicted molar refractivity (Wildman–Crippen MR) is 130 cm³/mol. The van der Waals surface area contributed by atoms with E-state index in [1.165, 1.54) is 44.9 Å². The van der Waals surface area contributed by atoms with Crippen molar-refractivity contribution in [1.29, 1.82) is 0 Å². The highest BCUT2D eigenvalue weighted by Gasteiger charge is 2.37. The van der Waals surface area contributed by atoms with Crippen LogP contribution in [0, 0.1) is 0 Å². The number of aliphatic hydroxyl groups excluding tert-OH is 2. The Kier molecular flexibility index (Phi) is 16.9. The fraction of sp³-hybridized carbons (Fsp3) is 0.731. The van der Waals surface area contributed by atoms with Crippen molar-refractivity contribution >= 4 is 5.91 Å². The third kappa shape index (κ3) is 16.7. The first-order chi connectivity index (χ1) is 15.2. The molecule has 1 rings (SSSR count). The Labute approximate surface area is 190 Å². The Morgan fingerprint density at radius 3 is 1.71 bits per heavy atom. The molecular weight excluding hydrogens is 388 g/mol. The van der Waals surface area contributed by atoms with Crippen LogP contribution in [0.1, 0.15) is 96.3 Å². The Balaban J connectivity index is 1.97. The van der Waals surface area contributed by atoms with E-state index in [2.05, 4.69) is 23.3 Å². The van der Waals surface area contributed by atoms with Crippen molar-refractivity contribution < 1.29 is 15.0 Å². The molecule has 0 heterocycles. The maximum Gasteiger partial charge on any atom is 0.243 e. The highest BCUT2D eigenvalue weighted by molar-refractivity contribution is 5.88. The number of rotatable bonds is 21. The van der Waals surface area contributed by atoms with Gasteiger partial charge in [0.2, 0.25) is 5.91 Å². The summed E-state index contributed by atoms with van der Waals surface area (Å²) in [5.74, 6) is -0.00242. The molecule has 178 valence electrons. The number of aliphatic hydroxyl groups is 2.